The molecule has 0 amide bonds. The van der Waals surface area contributed by atoms with Gasteiger partial charge in [-0.1, -0.05) is 62.3 Å². The van der Waals surface area contributed by atoms with E-state index in [0.29, 0.717) is 32.5 Å². The second kappa shape index (κ2) is 5.38. The summed E-state index contributed by atoms with van der Waals surface area (Å²) in [6.45, 7) is 24.4. The molecule has 0 aliphatic heterocycles. The topological polar surface area (TPSA) is 0 Å². The van der Waals surface area contributed by atoms with Crippen LogP contribution in [0.25, 0.3) is 0 Å². The van der Waals surface area contributed by atoms with Crippen molar-refractivity contribution in [3.8, 4) is 0 Å². The van der Waals surface area contributed by atoms with Crippen LogP contribution < -0.4 is 0 Å². The summed E-state index contributed by atoms with van der Waals surface area (Å²) < 4.78 is 0. The van der Waals surface area contributed by atoms with Crippen molar-refractivity contribution in [3.63, 3.8) is 0 Å². The second-order valence-electron chi connectivity index (χ2n) is 16.0. The Morgan fingerprint density at radius 1 is 0.467 bits per heavy atom. The molecule has 9 fully saturated rings. The summed E-state index contributed by atoms with van der Waals surface area (Å²) in [6.07, 6.45) is 12.2. The highest BCUT2D eigenvalue weighted by Gasteiger charge is 2.76. The van der Waals surface area contributed by atoms with Crippen molar-refractivity contribution in [2.75, 3.05) is 0 Å². The summed E-state index contributed by atoms with van der Waals surface area (Å²) in [5.74, 6) is 6.86. The van der Waals surface area contributed by atoms with Crippen molar-refractivity contribution in [2.24, 2.45) is 73.9 Å². The zero-order valence-corrected chi connectivity index (χ0v) is 21.7. The van der Waals surface area contributed by atoms with E-state index >= 15 is 0 Å². The van der Waals surface area contributed by atoms with Crippen LogP contribution in [0.4, 0.5) is 0 Å². The summed E-state index contributed by atoms with van der Waals surface area (Å²) in [4.78, 5) is 0. The molecule has 9 saturated carbocycles. The summed E-state index contributed by atoms with van der Waals surface area (Å²) in [5, 5.41) is 0. The smallest absolute Gasteiger partial charge is 0.0202 e. The monoisotopic (exact) mass is 410 g/mol. The predicted molar refractivity (Wildman–Crippen MR) is 127 cm³/mol. The third-order valence-corrected chi connectivity index (χ3v) is 15.0. The van der Waals surface area contributed by atoms with Gasteiger partial charge in [0.25, 0.3) is 0 Å². The average molecular weight is 411 g/mol. The number of rotatable bonds is 2. The molecule has 0 N–H and O–H groups in total. The first-order valence-corrected chi connectivity index (χ1v) is 13.7. The summed E-state index contributed by atoms with van der Waals surface area (Å²) in [6, 6.07) is 0. The van der Waals surface area contributed by atoms with Crippen LogP contribution in [0.15, 0.2) is 0 Å². The van der Waals surface area contributed by atoms with E-state index in [9.17, 15) is 0 Å². The van der Waals surface area contributed by atoms with Crippen LogP contribution in [0.3, 0.4) is 0 Å². The SMILES string of the molecule is CC1(C)[C@H]2CC[C@](C)([C@@H]3C[C@@H]4C[C@@H](C4(C)C)[C@]3(C)[C@@]3(C)CC[C@H]4C[C@H]3C4(C)C)[C@H]1C2. The van der Waals surface area contributed by atoms with Crippen LogP contribution in [-0.4, -0.2) is 0 Å². The van der Waals surface area contributed by atoms with Crippen molar-refractivity contribution >= 4 is 0 Å². The van der Waals surface area contributed by atoms with Gasteiger partial charge < -0.3 is 0 Å². The maximum atomic E-state index is 2.87. The van der Waals surface area contributed by atoms with E-state index in [1.165, 1.54) is 32.1 Å². The molecule has 0 nitrogen and oxygen atoms in total. The predicted octanol–water partition coefficient (Wildman–Crippen LogP) is 8.60. The van der Waals surface area contributed by atoms with Gasteiger partial charge in [-0.2, -0.15) is 0 Å². The molecule has 0 unspecified atom stereocenters. The zero-order chi connectivity index (χ0) is 21.7. The van der Waals surface area contributed by atoms with Gasteiger partial charge in [0.15, 0.2) is 0 Å². The molecule has 0 aromatic carbocycles. The molecular formula is C30H50. The molecular weight excluding hydrogens is 360 g/mol. The zero-order valence-electron chi connectivity index (χ0n) is 21.7. The Balaban J connectivity index is 1.47. The van der Waals surface area contributed by atoms with Crippen LogP contribution in [0.1, 0.15) is 114 Å². The van der Waals surface area contributed by atoms with Gasteiger partial charge in [-0.3, -0.25) is 0 Å². The molecule has 170 valence electrons. The molecule has 0 aromatic rings. The molecule has 0 spiro atoms. The summed E-state index contributed by atoms with van der Waals surface area (Å²) >= 11 is 0. The lowest BCUT2D eigenvalue weighted by Crippen LogP contribution is -2.74. The van der Waals surface area contributed by atoms with E-state index in [0.717, 1.165) is 41.4 Å². The Morgan fingerprint density at radius 2 is 0.933 bits per heavy atom. The molecule has 9 aliphatic carbocycles. The normalized spacial score (nSPS) is 61.3. The van der Waals surface area contributed by atoms with Gasteiger partial charge in [0.1, 0.15) is 0 Å². The fraction of sp³-hybridized carbons (Fsp3) is 1.00. The van der Waals surface area contributed by atoms with E-state index in [-0.39, 0.29) is 0 Å². The van der Waals surface area contributed by atoms with Crippen molar-refractivity contribution in [2.45, 2.75) is 114 Å². The highest BCUT2D eigenvalue weighted by Crippen LogP contribution is 2.83. The highest BCUT2D eigenvalue weighted by atomic mass is 14.8. The minimum Gasteiger partial charge on any atom is -0.0594 e. The number of fused-ring (bicyclic) bond motifs is 8. The van der Waals surface area contributed by atoms with Gasteiger partial charge in [-0.05, 0) is 125 Å². The first kappa shape index (κ1) is 20.6. The van der Waals surface area contributed by atoms with Gasteiger partial charge in [-0.15, -0.1) is 0 Å². The van der Waals surface area contributed by atoms with Gasteiger partial charge >= 0.3 is 0 Å². The van der Waals surface area contributed by atoms with E-state index in [4.69, 9.17) is 0 Å². The van der Waals surface area contributed by atoms with Crippen LogP contribution in [0.2, 0.25) is 0 Å². The van der Waals surface area contributed by atoms with Gasteiger partial charge in [0.05, 0.1) is 0 Å². The average Bonchev–Trinajstić information content (AvgIpc) is 2.66. The van der Waals surface area contributed by atoms with Crippen molar-refractivity contribution < 1.29 is 0 Å². The molecule has 0 heterocycles. The molecule has 0 radical (unpaired) electrons. The lowest BCUT2D eigenvalue weighted by Gasteiger charge is -2.81. The third-order valence-electron chi connectivity index (χ3n) is 15.0. The summed E-state index contributed by atoms with van der Waals surface area (Å²) in [7, 11) is 0. The Bertz CT molecular complexity index is 767. The lowest BCUT2D eigenvalue weighted by atomic mass is 9.24. The molecule has 30 heavy (non-hydrogen) atoms. The first-order valence-electron chi connectivity index (χ1n) is 13.7. The molecule has 9 aliphatic rings. The van der Waals surface area contributed by atoms with E-state index in [1.807, 2.05) is 0 Å². The Hall–Kier alpha value is 0. The minimum atomic E-state index is 0.520. The van der Waals surface area contributed by atoms with E-state index in [2.05, 4.69) is 62.3 Å². The standard InChI is InChI=1S/C30H50/c1-25(2)18-10-12-28(7,21(25)14-18)24-17-20-16-23(27(20,5)6)30(24,9)29(8)13-11-19-15-22(29)26(19,3)4/h18-24H,10-17H2,1-9H3/t18-,19-,20-,21-,22-,23-,24-,28-,29-,30-/m0/s1. The molecule has 9 rings (SSSR count). The fourth-order valence-electron chi connectivity index (χ4n) is 12.5. The maximum Gasteiger partial charge on any atom is -0.0202 e. The number of hydrogen-bond donors (Lipinski definition) is 0. The van der Waals surface area contributed by atoms with Gasteiger partial charge in [0, 0.05) is 0 Å². The van der Waals surface area contributed by atoms with Crippen LogP contribution >= 0.6 is 0 Å². The third kappa shape index (κ3) is 1.92. The molecule has 0 aromatic heterocycles. The molecule has 0 saturated heterocycles. The maximum absolute atomic E-state index is 2.87. The molecule has 6 bridgehead atoms. The summed E-state index contributed by atoms with van der Waals surface area (Å²) in [5.41, 5.74) is 3.39. The Labute approximate surface area is 187 Å². The largest absolute Gasteiger partial charge is 0.0594 e. The van der Waals surface area contributed by atoms with E-state index < -0.39 is 0 Å². The van der Waals surface area contributed by atoms with Crippen molar-refractivity contribution in [1.29, 1.82) is 0 Å². The van der Waals surface area contributed by atoms with Gasteiger partial charge in [-0.25, -0.2) is 0 Å². The molecule has 0 heteroatoms. The fourth-order valence-corrected chi connectivity index (χ4v) is 12.5. The van der Waals surface area contributed by atoms with E-state index in [1.54, 1.807) is 19.3 Å². The van der Waals surface area contributed by atoms with Crippen LogP contribution in [0, 0.1) is 73.9 Å². The van der Waals surface area contributed by atoms with Crippen molar-refractivity contribution in [3.05, 3.63) is 0 Å². The van der Waals surface area contributed by atoms with Crippen molar-refractivity contribution in [1.82, 2.24) is 0 Å². The quantitative estimate of drug-likeness (QED) is 0.427. The Morgan fingerprint density at radius 3 is 1.43 bits per heavy atom. The van der Waals surface area contributed by atoms with Crippen LogP contribution in [0.5, 0.6) is 0 Å². The highest BCUT2D eigenvalue weighted by molar-refractivity contribution is 5.24. The molecule has 10 atom stereocenters. The van der Waals surface area contributed by atoms with Gasteiger partial charge in [0.2, 0.25) is 0 Å². The first-order chi connectivity index (χ1) is 13.7. The number of hydrogen-bond acceptors (Lipinski definition) is 0. The lowest BCUT2D eigenvalue weighted by molar-refractivity contribution is -0.324. The van der Waals surface area contributed by atoms with Crippen LogP contribution in [-0.2, 0) is 0 Å². The second-order valence-corrected chi connectivity index (χ2v) is 16.0. The minimum absolute atomic E-state index is 0.520. The Kier molecular flexibility index (Phi) is 3.69.